The number of hydrogen-bond acceptors (Lipinski definition) is 1. The number of aryl methyl sites for hydroxylation is 1. The van der Waals surface area contributed by atoms with Gasteiger partial charge < -0.3 is 5.73 Å². The minimum absolute atomic E-state index is 0.199. The van der Waals surface area contributed by atoms with Crippen LogP contribution in [-0.2, 0) is 6.54 Å². The average molecular weight is 153 g/mol. The van der Waals surface area contributed by atoms with E-state index in [1.54, 1.807) is 6.07 Å². The van der Waals surface area contributed by atoms with Crippen LogP contribution < -0.4 is 5.73 Å². The molecule has 0 fully saturated rings. The van der Waals surface area contributed by atoms with Crippen LogP contribution in [0.15, 0.2) is 12.1 Å². The van der Waals surface area contributed by atoms with Crippen molar-refractivity contribution >= 4 is 0 Å². The molecule has 2 heteroatoms. The molecular formula is C9H12FN. The van der Waals surface area contributed by atoms with Gasteiger partial charge >= 0.3 is 0 Å². The normalized spacial score (nSPS) is 10.2. The average Bonchev–Trinajstić information content (AvgIpc) is 1.99. The fraction of sp³-hybridized carbons (Fsp3) is 0.333. The van der Waals surface area contributed by atoms with E-state index in [1.165, 1.54) is 6.07 Å². The van der Waals surface area contributed by atoms with Crippen molar-refractivity contribution in [2.24, 2.45) is 5.73 Å². The van der Waals surface area contributed by atoms with Gasteiger partial charge in [0.05, 0.1) is 0 Å². The number of halogens is 1. The molecule has 0 unspecified atom stereocenters. The van der Waals surface area contributed by atoms with Crippen LogP contribution in [0.1, 0.15) is 16.7 Å². The molecule has 0 heterocycles. The van der Waals surface area contributed by atoms with Crippen molar-refractivity contribution in [1.82, 2.24) is 0 Å². The highest BCUT2D eigenvalue weighted by molar-refractivity contribution is 5.34. The van der Waals surface area contributed by atoms with E-state index in [2.05, 4.69) is 0 Å². The minimum Gasteiger partial charge on any atom is -0.326 e. The summed E-state index contributed by atoms with van der Waals surface area (Å²) in [7, 11) is 0. The van der Waals surface area contributed by atoms with Crippen LogP contribution in [0.4, 0.5) is 4.39 Å². The lowest BCUT2D eigenvalue weighted by atomic mass is 10.0. The van der Waals surface area contributed by atoms with Crippen LogP contribution in [0.5, 0.6) is 0 Å². The summed E-state index contributed by atoms with van der Waals surface area (Å²) in [5.41, 5.74) is 8.06. The predicted molar refractivity (Wildman–Crippen MR) is 43.8 cm³/mol. The first-order valence-electron chi connectivity index (χ1n) is 3.61. The van der Waals surface area contributed by atoms with Gasteiger partial charge in [-0.1, -0.05) is 6.07 Å². The molecule has 11 heavy (non-hydrogen) atoms. The minimum atomic E-state index is -0.199. The van der Waals surface area contributed by atoms with E-state index < -0.39 is 0 Å². The topological polar surface area (TPSA) is 26.0 Å². The van der Waals surface area contributed by atoms with Crippen molar-refractivity contribution in [2.75, 3.05) is 0 Å². The molecule has 2 N–H and O–H groups in total. The summed E-state index contributed by atoms with van der Waals surface area (Å²) in [6.45, 7) is 4.12. The van der Waals surface area contributed by atoms with E-state index in [9.17, 15) is 4.39 Å². The first-order valence-corrected chi connectivity index (χ1v) is 3.61. The Bertz CT molecular complexity index is 269. The largest absolute Gasteiger partial charge is 0.326 e. The molecule has 1 aromatic rings. The molecule has 0 aliphatic rings. The highest BCUT2D eigenvalue weighted by Gasteiger charge is 2.04. The van der Waals surface area contributed by atoms with Gasteiger partial charge in [0.1, 0.15) is 5.82 Å². The molecule has 0 aliphatic heterocycles. The molecule has 60 valence electrons. The van der Waals surface area contributed by atoms with Crippen LogP contribution in [0.3, 0.4) is 0 Å². The van der Waals surface area contributed by atoms with Crippen molar-refractivity contribution in [1.29, 1.82) is 0 Å². The molecule has 0 spiro atoms. The summed E-state index contributed by atoms with van der Waals surface area (Å²) < 4.78 is 13.0. The standard InChI is InChI=1S/C9H12FN/c1-6-3-4-9(10)8(5-11)7(6)2/h3-4H,5,11H2,1-2H3. The maximum atomic E-state index is 13.0. The molecule has 0 aromatic heterocycles. The van der Waals surface area contributed by atoms with Crippen LogP contribution >= 0.6 is 0 Å². The van der Waals surface area contributed by atoms with E-state index in [-0.39, 0.29) is 12.4 Å². The molecule has 0 saturated heterocycles. The van der Waals surface area contributed by atoms with Crippen molar-refractivity contribution in [3.05, 3.63) is 34.6 Å². The van der Waals surface area contributed by atoms with E-state index in [4.69, 9.17) is 5.73 Å². The summed E-state index contributed by atoms with van der Waals surface area (Å²) in [6, 6.07) is 3.23. The monoisotopic (exact) mass is 153 g/mol. The van der Waals surface area contributed by atoms with E-state index in [0.717, 1.165) is 11.1 Å². The third-order valence-electron chi connectivity index (χ3n) is 2.02. The SMILES string of the molecule is Cc1ccc(F)c(CN)c1C. The Morgan fingerprint density at radius 2 is 2.00 bits per heavy atom. The Balaban J connectivity index is 3.29. The van der Waals surface area contributed by atoms with E-state index in [1.807, 2.05) is 13.8 Å². The maximum Gasteiger partial charge on any atom is 0.127 e. The molecule has 0 atom stereocenters. The van der Waals surface area contributed by atoms with Crippen LogP contribution in [0.2, 0.25) is 0 Å². The Kier molecular flexibility index (Phi) is 2.25. The van der Waals surface area contributed by atoms with Crippen molar-refractivity contribution in [3.8, 4) is 0 Å². The Morgan fingerprint density at radius 3 is 2.45 bits per heavy atom. The molecule has 1 aromatic carbocycles. The van der Waals surface area contributed by atoms with Gasteiger partial charge in [-0.05, 0) is 31.0 Å². The maximum absolute atomic E-state index is 13.0. The van der Waals surface area contributed by atoms with Gasteiger partial charge in [0.15, 0.2) is 0 Å². The molecule has 0 radical (unpaired) electrons. The molecule has 1 rings (SSSR count). The van der Waals surface area contributed by atoms with Crippen molar-refractivity contribution < 1.29 is 4.39 Å². The highest BCUT2D eigenvalue weighted by Crippen LogP contribution is 2.15. The van der Waals surface area contributed by atoms with Crippen LogP contribution in [0, 0.1) is 19.7 Å². The predicted octanol–water partition coefficient (Wildman–Crippen LogP) is 1.90. The van der Waals surface area contributed by atoms with Gasteiger partial charge in [-0.2, -0.15) is 0 Å². The zero-order chi connectivity index (χ0) is 8.43. The summed E-state index contributed by atoms with van der Waals surface area (Å²) in [5, 5.41) is 0. The van der Waals surface area contributed by atoms with Gasteiger partial charge in [-0.3, -0.25) is 0 Å². The van der Waals surface area contributed by atoms with Crippen LogP contribution in [0.25, 0.3) is 0 Å². The molecule has 0 bridgehead atoms. The zero-order valence-corrected chi connectivity index (χ0v) is 6.82. The summed E-state index contributed by atoms with van der Waals surface area (Å²) >= 11 is 0. The van der Waals surface area contributed by atoms with Crippen molar-refractivity contribution in [2.45, 2.75) is 20.4 Å². The smallest absolute Gasteiger partial charge is 0.127 e. The lowest BCUT2D eigenvalue weighted by Gasteiger charge is -2.06. The number of rotatable bonds is 1. The van der Waals surface area contributed by atoms with Crippen molar-refractivity contribution in [3.63, 3.8) is 0 Å². The molecule has 0 aliphatic carbocycles. The molecule has 0 amide bonds. The quantitative estimate of drug-likeness (QED) is 0.655. The van der Waals surface area contributed by atoms with E-state index in [0.29, 0.717) is 5.56 Å². The summed E-state index contributed by atoms with van der Waals surface area (Å²) in [5.74, 6) is -0.199. The number of hydrogen-bond donors (Lipinski definition) is 1. The van der Waals surface area contributed by atoms with Gasteiger partial charge in [-0.15, -0.1) is 0 Å². The fourth-order valence-electron chi connectivity index (χ4n) is 1.09. The number of benzene rings is 1. The third-order valence-corrected chi connectivity index (χ3v) is 2.02. The molecule has 0 saturated carbocycles. The lowest BCUT2D eigenvalue weighted by Crippen LogP contribution is -2.03. The van der Waals surface area contributed by atoms with Gasteiger partial charge in [0.2, 0.25) is 0 Å². The third kappa shape index (κ3) is 1.40. The second-order valence-electron chi connectivity index (χ2n) is 2.67. The Labute approximate surface area is 66.0 Å². The summed E-state index contributed by atoms with van der Waals surface area (Å²) in [4.78, 5) is 0. The van der Waals surface area contributed by atoms with Crippen LogP contribution in [-0.4, -0.2) is 0 Å². The van der Waals surface area contributed by atoms with E-state index >= 15 is 0 Å². The van der Waals surface area contributed by atoms with Gasteiger partial charge in [0, 0.05) is 12.1 Å². The Morgan fingerprint density at radius 1 is 1.36 bits per heavy atom. The molecular weight excluding hydrogens is 141 g/mol. The molecule has 1 nitrogen and oxygen atoms in total. The Hall–Kier alpha value is -0.890. The van der Waals surface area contributed by atoms with Gasteiger partial charge in [0.25, 0.3) is 0 Å². The number of nitrogens with two attached hydrogens (primary N) is 1. The first kappa shape index (κ1) is 8.21. The summed E-state index contributed by atoms with van der Waals surface area (Å²) in [6.07, 6.45) is 0. The first-order chi connectivity index (χ1) is 5.16. The zero-order valence-electron chi connectivity index (χ0n) is 6.82. The second kappa shape index (κ2) is 3.01. The highest BCUT2D eigenvalue weighted by atomic mass is 19.1. The fourth-order valence-corrected chi connectivity index (χ4v) is 1.09. The van der Waals surface area contributed by atoms with Gasteiger partial charge in [-0.25, -0.2) is 4.39 Å². The lowest BCUT2D eigenvalue weighted by molar-refractivity contribution is 0.608. The second-order valence-corrected chi connectivity index (χ2v) is 2.67.